The van der Waals surface area contributed by atoms with E-state index in [2.05, 4.69) is 31.3 Å². The highest BCUT2D eigenvalue weighted by Gasteiger charge is 2.54. The molecule has 3 aliphatic heterocycles. The molecule has 0 bridgehead atoms. The number of carbonyl (C=O) groups excluding carboxylic acids is 1. The first-order valence-corrected chi connectivity index (χ1v) is 38.9. The quantitative estimate of drug-likeness (QED) is 0.0199. The van der Waals surface area contributed by atoms with Gasteiger partial charge in [-0.2, -0.15) is 0 Å². The molecule has 3 saturated heterocycles. The van der Waals surface area contributed by atoms with Gasteiger partial charge in [0.05, 0.1) is 38.6 Å². The summed E-state index contributed by atoms with van der Waals surface area (Å²) in [5.41, 5.74) is 0. The van der Waals surface area contributed by atoms with E-state index in [0.29, 0.717) is 12.8 Å². The molecule has 556 valence electrons. The number of allylic oxidation sites excluding steroid dienone is 2. The Morgan fingerprint density at radius 3 is 1.03 bits per heavy atom. The molecule has 17 atom stereocenters. The van der Waals surface area contributed by atoms with Crippen LogP contribution in [0.1, 0.15) is 328 Å². The van der Waals surface area contributed by atoms with Crippen LogP contribution in [0, 0.1) is 0 Å². The van der Waals surface area contributed by atoms with E-state index in [1.54, 1.807) is 0 Å². The number of hydrogen-bond donors (Lipinski definition) is 12. The molecular weight excluding hydrogens is 1200 g/mol. The Bertz CT molecular complexity index is 1750. The Balaban J connectivity index is 1.39. The maximum atomic E-state index is 13.5. The van der Waals surface area contributed by atoms with Crippen molar-refractivity contribution in [1.29, 1.82) is 0 Å². The minimum atomic E-state index is -1.97. The molecule has 3 fully saturated rings. The lowest BCUT2D eigenvalue weighted by molar-refractivity contribution is -0.379. The largest absolute Gasteiger partial charge is 0.394 e. The van der Waals surface area contributed by atoms with Gasteiger partial charge in [-0.1, -0.05) is 296 Å². The van der Waals surface area contributed by atoms with Gasteiger partial charge < -0.3 is 89.9 Å². The van der Waals surface area contributed by atoms with Gasteiger partial charge in [0.1, 0.15) is 73.2 Å². The van der Waals surface area contributed by atoms with Gasteiger partial charge in [0.15, 0.2) is 18.9 Å². The second-order valence-electron chi connectivity index (χ2n) is 28.2. The van der Waals surface area contributed by atoms with E-state index in [1.165, 1.54) is 250 Å². The predicted octanol–water partition coefficient (Wildman–Crippen LogP) is 12.0. The zero-order valence-corrected chi connectivity index (χ0v) is 59.2. The standard InChI is InChI=1S/C75H143NO18/c1-3-5-7-9-11-13-15-17-19-21-23-25-27-29-31-33-35-37-39-41-43-45-47-49-51-53-63(81)76-58(59(80)52-50-48-46-44-42-40-38-36-34-32-30-28-26-24-22-20-18-16-14-12-10-8-6-4-2)57-89-73-69(87)66(84)71(61(55-78)91-73)94-75-70(88)67(85)72(62(56-79)92-75)93-74-68(86)65(83)64(82)60(54-77)90-74/h21,23,58-62,64-75,77-80,82-88H,3-20,22,24-57H2,1-2H3,(H,76,81)/b23-21-. The number of ether oxygens (including phenoxy) is 6. The summed E-state index contributed by atoms with van der Waals surface area (Å²) in [6.07, 6.45) is 38.6. The van der Waals surface area contributed by atoms with Crippen LogP contribution in [-0.2, 0) is 33.2 Å². The van der Waals surface area contributed by atoms with Crippen LogP contribution in [0.5, 0.6) is 0 Å². The van der Waals surface area contributed by atoms with Crippen molar-refractivity contribution in [2.75, 3.05) is 26.4 Å². The highest BCUT2D eigenvalue weighted by atomic mass is 16.8. The van der Waals surface area contributed by atoms with E-state index >= 15 is 0 Å². The van der Waals surface area contributed by atoms with Gasteiger partial charge in [-0.05, 0) is 38.5 Å². The van der Waals surface area contributed by atoms with E-state index in [9.17, 15) is 61.0 Å². The van der Waals surface area contributed by atoms with Gasteiger partial charge in [0.2, 0.25) is 5.91 Å². The van der Waals surface area contributed by atoms with Crippen LogP contribution >= 0.6 is 0 Å². The number of nitrogens with one attached hydrogen (secondary N) is 1. The number of hydrogen-bond acceptors (Lipinski definition) is 18. The summed E-state index contributed by atoms with van der Waals surface area (Å²) in [7, 11) is 0. The van der Waals surface area contributed by atoms with Gasteiger partial charge in [-0.15, -0.1) is 0 Å². The van der Waals surface area contributed by atoms with Crippen LogP contribution in [0.25, 0.3) is 0 Å². The lowest BCUT2D eigenvalue weighted by Crippen LogP contribution is -2.66. The molecule has 17 unspecified atom stereocenters. The molecule has 19 nitrogen and oxygen atoms in total. The monoisotopic (exact) mass is 1350 g/mol. The lowest BCUT2D eigenvalue weighted by Gasteiger charge is -2.48. The Hall–Kier alpha value is -1.47. The number of aliphatic hydroxyl groups excluding tert-OH is 11. The summed E-state index contributed by atoms with van der Waals surface area (Å²) >= 11 is 0. The summed E-state index contributed by atoms with van der Waals surface area (Å²) in [5, 5.41) is 121. The normalized spacial score (nSPS) is 27.4. The van der Waals surface area contributed by atoms with Crippen molar-refractivity contribution < 1.29 is 89.4 Å². The summed E-state index contributed by atoms with van der Waals surface area (Å²) in [5.74, 6) is -0.236. The average molecular weight is 1350 g/mol. The summed E-state index contributed by atoms with van der Waals surface area (Å²) in [6, 6.07) is -0.885. The number of rotatable bonds is 62. The molecular formula is C75H143NO18. The van der Waals surface area contributed by atoms with Crippen molar-refractivity contribution in [3.05, 3.63) is 12.2 Å². The average Bonchev–Trinajstić information content (AvgIpc) is 0.788. The number of carbonyl (C=O) groups is 1. The third kappa shape index (κ3) is 37.8. The van der Waals surface area contributed by atoms with E-state index < -0.39 is 124 Å². The first-order valence-electron chi connectivity index (χ1n) is 38.9. The fraction of sp³-hybridized carbons (Fsp3) is 0.960. The Kier molecular flexibility index (Phi) is 52.8. The smallest absolute Gasteiger partial charge is 0.220 e. The van der Waals surface area contributed by atoms with Gasteiger partial charge in [-0.3, -0.25) is 4.79 Å². The van der Waals surface area contributed by atoms with E-state index in [-0.39, 0.29) is 18.9 Å². The lowest BCUT2D eigenvalue weighted by atomic mass is 9.96. The molecule has 3 heterocycles. The summed E-state index contributed by atoms with van der Waals surface area (Å²) in [6.45, 7) is 1.86. The van der Waals surface area contributed by atoms with Gasteiger partial charge in [0, 0.05) is 6.42 Å². The zero-order chi connectivity index (χ0) is 68.2. The first-order chi connectivity index (χ1) is 45.8. The summed E-state index contributed by atoms with van der Waals surface area (Å²) in [4.78, 5) is 13.5. The van der Waals surface area contributed by atoms with Gasteiger partial charge in [-0.25, -0.2) is 0 Å². The van der Waals surface area contributed by atoms with Crippen LogP contribution in [0.2, 0.25) is 0 Å². The van der Waals surface area contributed by atoms with Gasteiger partial charge >= 0.3 is 0 Å². The molecule has 0 aliphatic carbocycles. The zero-order valence-electron chi connectivity index (χ0n) is 59.2. The molecule has 12 N–H and O–H groups in total. The molecule has 19 heteroatoms. The molecule has 0 spiro atoms. The van der Waals surface area contributed by atoms with Crippen LogP contribution < -0.4 is 5.32 Å². The predicted molar refractivity (Wildman–Crippen MR) is 370 cm³/mol. The van der Waals surface area contributed by atoms with Crippen molar-refractivity contribution >= 4 is 5.91 Å². The van der Waals surface area contributed by atoms with Crippen molar-refractivity contribution in [2.24, 2.45) is 0 Å². The highest BCUT2D eigenvalue weighted by Crippen LogP contribution is 2.33. The first kappa shape index (κ1) is 86.8. The number of unbranched alkanes of at least 4 members (excludes halogenated alkanes) is 44. The molecule has 1 amide bonds. The molecule has 94 heavy (non-hydrogen) atoms. The van der Waals surface area contributed by atoms with E-state index in [1.807, 2.05) is 0 Å². The Morgan fingerprint density at radius 2 is 0.670 bits per heavy atom. The molecule has 0 radical (unpaired) electrons. The third-order valence-electron chi connectivity index (χ3n) is 19.8. The molecule has 0 aromatic heterocycles. The molecule has 0 saturated carbocycles. The van der Waals surface area contributed by atoms with Crippen LogP contribution in [-0.4, -0.2) is 193 Å². The molecule has 3 aliphatic rings. The maximum Gasteiger partial charge on any atom is 0.220 e. The fourth-order valence-corrected chi connectivity index (χ4v) is 13.5. The van der Waals surface area contributed by atoms with Crippen LogP contribution in [0.3, 0.4) is 0 Å². The number of aliphatic hydroxyl groups is 11. The topological polar surface area (TPSA) is 307 Å². The molecule has 0 aromatic rings. The molecule has 3 rings (SSSR count). The highest BCUT2D eigenvalue weighted by molar-refractivity contribution is 5.76. The van der Waals surface area contributed by atoms with Crippen molar-refractivity contribution in [2.45, 2.75) is 433 Å². The Morgan fingerprint density at radius 1 is 0.372 bits per heavy atom. The Labute approximate surface area is 569 Å². The molecule has 0 aromatic carbocycles. The SMILES string of the molecule is CCCCCCCCCC/C=C\CCCCCCCCCCCCCCCC(=O)NC(COC1OC(CO)C(OC2OC(CO)C(OC3OC(CO)C(O)C(O)C3O)C(O)C2O)C(O)C1O)C(O)CCCCCCCCCCCCCCCCCCCCCCCCCC. The van der Waals surface area contributed by atoms with Crippen molar-refractivity contribution in [1.82, 2.24) is 5.32 Å². The van der Waals surface area contributed by atoms with Crippen molar-refractivity contribution in [3.8, 4) is 0 Å². The summed E-state index contributed by atoms with van der Waals surface area (Å²) < 4.78 is 34.5. The minimum Gasteiger partial charge on any atom is -0.394 e. The van der Waals surface area contributed by atoms with Crippen LogP contribution in [0.4, 0.5) is 0 Å². The fourth-order valence-electron chi connectivity index (χ4n) is 13.5. The third-order valence-corrected chi connectivity index (χ3v) is 19.8. The van der Waals surface area contributed by atoms with E-state index in [4.69, 9.17) is 28.4 Å². The maximum absolute atomic E-state index is 13.5. The van der Waals surface area contributed by atoms with Crippen LogP contribution in [0.15, 0.2) is 12.2 Å². The number of amides is 1. The minimum absolute atomic E-state index is 0.236. The van der Waals surface area contributed by atoms with Gasteiger partial charge in [0.25, 0.3) is 0 Å². The second kappa shape index (κ2) is 57.2. The van der Waals surface area contributed by atoms with E-state index in [0.717, 1.165) is 44.9 Å². The second-order valence-corrected chi connectivity index (χ2v) is 28.2. The van der Waals surface area contributed by atoms with Crippen molar-refractivity contribution in [3.63, 3.8) is 0 Å².